The topological polar surface area (TPSA) is 30.5 Å². The third-order valence-corrected chi connectivity index (χ3v) is 3.30. The molecule has 0 unspecified atom stereocenters. The number of rotatable bonds is 4. The van der Waals surface area contributed by atoms with Crippen LogP contribution in [0.1, 0.15) is 18.1 Å². The molecule has 2 aromatic carbocycles. The Kier molecular flexibility index (Phi) is 4.74. The molecule has 0 aromatic heterocycles. The minimum Gasteiger partial charge on any atom is -0.454 e. The molecule has 0 atom stereocenters. The molecule has 0 fully saturated rings. The molecular weight excluding hydrogens is 274 g/mol. The molecule has 0 radical (unpaired) electrons. The average molecular weight is 292 g/mol. The minimum absolute atomic E-state index is 0. The fourth-order valence-electron chi connectivity index (χ4n) is 2.11. The largest absolute Gasteiger partial charge is 0.454 e. The van der Waals surface area contributed by atoms with Crippen LogP contribution in [0.5, 0.6) is 11.5 Å². The Balaban J connectivity index is 0.00000147. The zero-order valence-corrected chi connectivity index (χ0v) is 12.2. The Bertz CT molecular complexity index is 569. The van der Waals surface area contributed by atoms with E-state index in [0.29, 0.717) is 6.79 Å². The molecule has 4 heteroatoms. The fraction of sp³-hybridized carbons (Fsp3) is 0.250. The maximum absolute atomic E-state index is 5.37. The summed E-state index contributed by atoms with van der Waals surface area (Å²) in [6.45, 7) is 3.27. The number of ether oxygens (including phenoxy) is 2. The van der Waals surface area contributed by atoms with Crippen LogP contribution in [0.25, 0.3) is 0 Å². The van der Waals surface area contributed by atoms with Gasteiger partial charge in [-0.15, -0.1) is 12.4 Å². The van der Waals surface area contributed by atoms with Gasteiger partial charge in [0.1, 0.15) is 0 Å². The summed E-state index contributed by atoms with van der Waals surface area (Å²) in [6, 6.07) is 14.6. The molecule has 3 rings (SSSR count). The van der Waals surface area contributed by atoms with Crippen molar-refractivity contribution in [2.45, 2.75) is 19.9 Å². The Hall–Kier alpha value is -1.87. The van der Waals surface area contributed by atoms with Crippen molar-refractivity contribution in [2.75, 3.05) is 12.1 Å². The molecule has 106 valence electrons. The monoisotopic (exact) mass is 291 g/mol. The van der Waals surface area contributed by atoms with Crippen LogP contribution in [0.3, 0.4) is 0 Å². The van der Waals surface area contributed by atoms with Crippen molar-refractivity contribution in [1.82, 2.24) is 0 Å². The third kappa shape index (κ3) is 3.17. The second kappa shape index (κ2) is 6.53. The zero-order chi connectivity index (χ0) is 13.1. The van der Waals surface area contributed by atoms with Gasteiger partial charge in [-0.3, -0.25) is 0 Å². The Morgan fingerprint density at radius 1 is 0.950 bits per heavy atom. The van der Waals surface area contributed by atoms with Crippen molar-refractivity contribution in [1.29, 1.82) is 0 Å². The van der Waals surface area contributed by atoms with Crippen molar-refractivity contribution in [2.24, 2.45) is 0 Å². The summed E-state index contributed by atoms with van der Waals surface area (Å²) < 4.78 is 10.7. The predicted octanol–water partition coefficient (Wildman–Crippen LogP) is 4.01. The maximum atomic E-state index is 5.37. The van der Waals surface area contributed by atoms with Gasteiger partial charge in [-0.25, -0.2) is 0 Å². The van der Waals surface area contributed by atoms with E-state index in [1.54, 1.807) is 0 Å². The molecule has 1 aliphatic heterocycles. The first-order chi connectivity index (χ1) is 9.35. The summed E-state index contributed by atoms with van der Waals surface area (Å²) >= 11 is 0. The molecule has 1 heterocycles. The molecule has 0 saturated carbocycles. The van der Waals surface area contributed by atoms with E-state index in [0.717, 1.165) is 30.2 Å². The third-order valence-electron chi connectivity index (χ3n) is 3.30. The van der Waals surface area contributed by atoms with Gasteiger partial charge in [-0.2, -0.15) is 0 Å². The van der Waals surface area contributed by atoms with Gasteiger partial charge < -0.3 is 14.8 Å². The molecule has 0 spiro atoms. The molecule has 3 nitrogen and oxygen atoms in total. The predicted molar refractivity (Wildman–Crippen MR) is 83.0 cm³/mol. The van der Waals surface area contributed by atoms with Gasteiger partial charge in [0.05, 0.1) is 0 Å². The average Bonchev–Trinajstić information content (AvgIpc) is 2.93. The Morgan fingerprint density at radius 2 is 1.65 bits per heavy atom. The lowest BCUT2D eigenvalue weighted by atomic mass is 10.1. The van der Waals surface area contributed by atoms with E-state index >= 15 is 0 Å². The molecule has 1 aliphatic rings. The fourth-order valence-corrected chi connectivity index (χ4v) is 2.11. The van der Waals surface area contributed by atoms with Crippen LogP contribution in [-0.2, 0) is 13.0 Å². The summed E-state index contributed by atoms with van der Waals surface area (Å²) in [5.41, 5.74) is 3.67. The van der Waals surface area contributed by atoms with Gasteiger partial charge in [-0.1, -0.05) is 25.1 Å². The van der Waals surface area contributed by atoms with E-state index in [-0.39, 0.29) is 12.4 Å². The van der Waals surface area contributed by atoms with E-state index in [2.05, 4.69) is 42.6 Å². The molecule has 0 aliphatic carbocycles. The second-order valence-electron chi connectivity index (χ2n) is 4.59. The normalized spacial score (nSPS) is 11.8. The summed E-state index contributed by atoms with van der Waals surface area (Å²) in [6.07, 6.45) is 1.07. The van der Waals surface area contributed by atoms with Crippen LogP contribution in [0.15, 0.2) is 42.5 Å². The lowest BCUT2D eigenvalue weighted by Crippen LogP contribution is -1.99. The van der Waals surface area contributed by atoms with Gasteiger partial charge in [0.2, 0.25) is 6.79 Å². The lowest BCUT2D eigenvalue weighted by molar-refractivity contribution is 0.174. The SMILES string of the molecule is CCc1ccc(NCc2ccc3c(c2)OCO3)cc1.Cl. The second-order valence-corrected chi connectivity index (χ2v) is 4.59. The van der Waals surface area contributed by atoms with Crippen molar-refractivity contribution in [3.05, 3.63) is 53.6 Å². The maximum Gasteiger partial charge on any atom is 0.231 e. The van der Waals surface area contributed by atoms with E-state index < -0.39 is 0 Å². The Labute approximate surface area is 125 Å². The molecule has 2 aromatic rings. The smallest absolute Gasteiger partial charge is 0.231 e. The number of fused-ring (bicyclic) bond motifs is 1. The van der Waals surface area contributed by atoms with Gasteiger partial charge in [0, 0.05) is 12.2 Å². The summed E-state index contributed by atoms with van der Waals surface area (Å²) in [7, 11) is 0. The standard InChI is InChI=1S/C16H17NO2.ClH/c1-2-12-3-6-14(7-4-12)17-10-13-5-8-15-16(9-13)19-11-18-15;/h3-9,17H,2,10-11H2,1H3;1H. The van der Waals surface area contributed by atoms with Crippen molar-refractivity contribution in [3.63, 3.8) is 0 Å². The van der Waals surface area contributed by atoms with E-state index in [9.17, 15) is 0 Å². The van der Waals surface area contributed by atoms with Crippen molar-refractivity contribution >= 4 is 18.1 Å². The van der Waals surface area contributed by atoms with Gasteiger partial charge >= 0.3 is 0 Å². The quantitative estimate of drug-likeness (QED) is 0.923. The molecular formula is C16H18ClNO2. The number of hydrogen-bond acceptors (Lipinski definition) is 3. The highest BCUT2D eigenvalue weighted by Crippen LogP contribution is 2.32. The van der Waals surface area contributed by atoms with Gasteiger partial charge in [0.25, 0.3) is 0 Å². The first kappa shape index (κ1) is 14.5. The van der Waals surface area contributed by atoms with Crippen LogP contribution >= 0.6 is 12.4 Å². The highest BCUT2D eigenvalue weighted by atomic mass is 35.5. The van der Waals surface area contributed by atoms with Crippen molar-refractivity contribution < 1.29 is 9.47 Å². The number of nitrogens with one attached hydrogen (secondary N) is 1. The molecule has 0 bridgehead atoms. The van der Waals surface area contributed by atoms with Crippen LogP contribution in [0.4, 0.5) is 5.69 Å². The minimum atomic E-state index is 0. The number of benzene rings is 2. The van der Waals surface area contributed by atoms with Gasteiger partial charge in [-0.05, 0) is 41.8 Å². The van der Waals surface area contributed by atoms with Crippen molar-refractivity contribution in [3.8, 4) is 11.5 Å². The highest BCUT2D eigenvalue weighted by Gasteiger charge is 2.12. The summed E-state index contributed by atoms with van der Waals surface area (Å²) in [5.74, 6) is 1.66. The van der Waals surface area contributed by atoms with E-state index in [1.165, 1.54) is 11.1 Å². The van der Waals surface area contributed by atoms with Crippen LogP contribution in [-0.4, -0.2) is 6.79 Å². The van der Waals surface area contributed by atoms with Gasteiger partial charge in [0.15, 0.2) is 11.5 Å². The first-order valence-corrected chi connectivity index (χ1v) is 6.56. The number of aryl methyl sites for hydroxylation is 1. The van der Waals surface area contributed by atoms with E-state index in [1.807, 2.05) is 12.1 Å². The number of halogens is 1. The molecule has 1 N–H and O–H groups in total. The zero-order valence-electron chi connectivity index (χ0n) is 11.4. The van der Waals surface area contributed by atoms with E-state index in [4.69, 9.17) is 9.47 Å². The number of hydrogen-bond donors (Lipinski definition) is 1. The van der Waals surface area contributed by atoms with Crippen LogP contribution < -0.4 is 14.8 Å². The first-order valence-electron chi connectivity index (χ1n) is 6.56. The summed E-state index contributed by atoms with van der Waals surface area (Å²) in [4.78, 5) is 0. The molecule has 20 heavy (non-hydrogen) atoms. The Morgan fingerprint density at radius 3 is 2.40 bits per heavy atom. The highest BCUT2D eigenvalue weighted by molar-refractivity contribution is 5.85. The lowest BCUT2D eigenvalue weighted by Gasteiger charge is -2.08. The van der Waals surface area contributed by atoms with Crippen LogP contribution in [0, 0.1) is 0 Å². The molecule has 0 saturated heterocycles. The summed E-state index contributed by atoms with van der Waals surface area (Å²) in [5, 5.41) is 3.41. The number of anilines is 1. The van der Waals surface area contributed by atoms with Crippen LogP contribution in [0.2, 0.25) is 0 Å². The molecule has 0 amide bonds.